The second-order valence-corrected chi connectivity index (χ2v) is 6.17. The van der Waals surface area contributed by atoms with Crippen molar-refractivity contribution in [3.8, 4) is 0 Å². The Hall–Kier alpha value is -1.54. The van der Waals surface area contributed by atoms with E-state index >= 15 is 0 Å². The largest absolute Gasteiger partial charge is 1.00 e. The van der Waals surface area contributed by atoms with Crippen LogP contribution in [0.2, 0.25) is 0 Å². The smallest absolute Gasteiger partial charge is 0.731 e. The first kappa shape index (κ1) is 22.5. The molecule has 136 valence electrons. The van der Waals surface area contributed by atoms with Crippen LogP contribution in [-0.4, -0.2) is 48.1 Å². The SMILES string of the molecule is CONC(=O)C1C(C(=O)NOCc2ccccc2)C(=O)N1S(=O)(=O)[O-].[Na+]. The van der Waals surface area contributed by atoms with Crippen molar-refractivity contribution in [1.82, 2.24) is 15.3 Å². The summed E-state index contributed by atoms with van der Waals surface area (Å²) in [5, 5.41) is 0. The molecule has 1 aromatic rings. The average Bonchev–Trinajstić information content (AvgIpc) is 2.52. The van der Waals surface area contributed by atoms with Crippen LogP contribution in [0, 0.1) is 5.92 Å². The van der Waals surface area contributed by atoms with Crippen LogP contribution in [0.15, 0.2) is 30.3 Å². The molecular weight excluding hydrogens is 381 g/mol. The molecule has 2 N–H and O–H groups in total. The van der Waals surface area contributed by atoms with Gasteiger partial charge in [-0.3, -0.25) is 24.1 Å². The summed E-state index contributed by atoms with van der Waals surface area (Å²) in [4.78, 5) is 44.9. The third-order valence-electron chi connectivity index (χ3n) is 3.30. The van der Waals surface area contributed by atoms with Gasteiger partial charge in [-0.1, -0.05) is 30.3 Å². The zero-order valence-corrected chi connectivity index (χ0v) is 16.7. The second kappa shape index (κ2) is 9.41. The van der Waals surface area contributed by atoms with E-state index in [0.717, 1.165) is 12.7 Å². The Kier molecular flexibility index (Phi) is 8.15. The molecule has 2 unspecified atom stereocenters. The molecule has 0 radical (unpaired) electrons. The minimum absolute atomic E-state index is 0. The Morgan fingerprint density at radius 1 is 1.19 bits per heavy atom. The molecule has 13 heteroatoms. The van der Waals surface area contributed by atoms with Crippen molar-refractivity contribution in [2.24, 2.45) is 5.92 Å². The number of carbonyl (C=O) groups is 3. The van der Waals surface area contributed by atoms with Crippen LogP contribution in [0.4, 0.5) is 0 Å². The Balaban J connectivity index is 0.00000338. The zero-order chi connectivity index (χ0) is 18.6. The summed E-state index contributed by atoms with van der Waals surface area (Å²) in [6, 6.07) is 6.88. The second-order valence-electron chi connectivity index (χ2n) is 4.93. The maximum Gasteiger partial charge on any atom is 1.00 e. The number of rotatable bonds is 7. The molecule has 2 rings (SSSR count). The van der Waals surface area contributed by atoms with Crippen molar-refractivity contribution >= 4 is 28.0 Å². The van der Waals surface area contributed by atoms with E-state index < -0.39 is 40.0 Å². The Labute approximate surface area is 171 Å². The van der Waals surface area contributed by atoms with Gasteiger partial charge in [-0.2, -0.15) is 0 Å². The summed E-state index contributed by atoms with van der Waals surface area (Å²) >= 11 is 0. The van der Waals surface area contributed by atoms with Crippen molar-refractivity contribution in [3.63, 3.8) is 0 Å². The molecule has 0 aromatic heterocycles. The predicted molar refractivity (Wildman–Crippen MR) is 78.3 cm³/mol. The third-order valence-corrected chi connectivity index (χ3v) is 4.19. The van der Waals surface area contributed by atoms with Crippen molar-refractivity contribution in [3.05, 3.63) is 35.9 Å². The van der Waals surface area contributed by atoms with Gasteiger partial charge >= 0.3 is 29.6 Å². The van der Waals surface area contributed by atoms with Gasteiger partial charge < -0.3 is 4.55 Å². The van der Waals surface area contributed by atoms with Gasteiger partial charge in [0.15, 0.2) is 16.2 Å². The first-order chi connectivity index (χ1) is 11.8. The van der Waals surface area contributed by atoms with E-state index in [1.165, 1.54) is 0 Å². The Bertz CT molecular complexity index is 773. The third kappa shape index (κ3) is 5.01. The predicted octanol–water partition coefficient (Wildman–Crippen LogP) is -4.80. The van der Waals surface area contributed by atoms with E-state index in [0.29, 0.717) is 0 Å². The molecule has 0 aliphatic carbocycles. The molecule has 1 aliphatic rings. The quantitative estimate of drug-likeness (QED) is 0.153. The van der Waals surface area contributed by atoms with E-state index in [1.54, 1.807) is 35.8 Å². The minimum atomic E-state index is -5.26. The first-order valence-electron chi connectivity index (χ1n) is 6.85. The minimum Gasteiger partial charge on any atom is -0.731 e. The molecule has 0 bridgehead atoms. The summed E-state index contributed by atoms with van der Waals surface area (Å²) < 4.78 is 33.0. The number of β-lactam (4-membered cyclic amide) rings is 1. The maximum absolute atomic E-state index is 12.0. The number of benzene rings is 1. The van der Waals surface area contributed by atoms with Gasteiger partial charge in [0, 0.05) is 0 Å². The summed E-state index contributed by atoms with van der Waals surface area (Å²) in [6.07, 6.45) is 0. The van der Waals surface area contributed by atoms with Gasteiger partial charge in [0.1, 0.15) is 6.04 Å². The van der Waals surface area contributed by atoms with E-state index in [-0.39, 0.29) is 40.5 Å². The van der Waals surface area contributed by atoms with Gasteiger partial charge in [0.2, 0.25) is 0 Å². The van der Waals surface area contributed by atoms with Crippen LogP contribution in [0.3, 0.4) is 0 Å². The molecule has 0 saturated carbocycles. The molecule has 1 aliphatic heterocycles. The number of carbonyl (C=O) groups excluding carboxylic acids is 3. The molecule has 26 heavy (non-hydrogen) atoms. The van der Waals surface area contributed by atoms with Gasteiger partial charge in [-0.15, -0.1) is 0 Å². The molecule has 3 amide bonds. The molecular formula is C13H14N3NaO8S. The van der Waals surface area contributed by atoms with E-state index in [2.05, 4.69) is 4.84 Å². The van der Waals surface area contributed by atoms with Gasteiger partial charge in [0.05, 0.1) is 13.7 Å². The fourth-order valence-corrected chi connectivity index (χ4v) is 3.04. The van der Waals surface area contributed by atoms with Gasteiger partial charge in [-0.25, -0.2) is 23.7 Å². The molecule has 1 heterocycles. The monoisotopic (exact) mass is 395 g/mol. The van der Waals surface area contributed by atoms with Crippen molar-refractivity contribution in [2.45, 2.75) is 12.6 Å². The standard InChI is InChI=1S/C13H15N3O8S.Na/c1-23-14-12(18)10-9(13(19)16(10)25(20,21)22)11(17)15-24-7-8-5-3-2-4-6-8;/h2-6,9-10H,7H2,1H3,(H,14,18)(H,15,17)(H,20,21,22);/q;+1/p-1. The molecule has 1 aromatic carbocycles. The van der Waals surface area contributed by atoms with Crippen LogP contribution in [-0.2, 0) is 41.0 Å². The van der Waals surface area contributed by atoms with Crippen LogP contribution < -0.4 is 40.5 Å². The van der Waals surface area contributed by atoms with Crippen LogP contribution >= 0.6 is 0 Å². The van der Waals surface area contributed by atoms with Crippen molar-refractivity contribution < 1.29 is 66.6 Å². The average molecular weight is 395 g/mol. The normalized spacial score (nSPS) is 19.2. The number of nitrogens with zero attached hydrogens (tertiary/aromatic N) is 1. The summed E-state index contributed by atoms with van der Waals surface area (Å²) in [5.41, 5.74) is 4.46. The summed E-state index contributed by atoms with van der Waals surface area (Å²) in [6.45, 7) is -0.0218. The van der Waals surface area contributed by atoms with E-state index in [1.807, 2.05) is 5.48 Å². The summed E-state index contributed by atoms with van der Waals surface area (Å²) in [7, 11) is -4.20. The Morgan fingerprint density at radius 2 is 1.81 bits per heavy atom. The topological polar surface area (TPSA) is 154 Å². The number of hydrogen-bond acceptors (Lipinski definition) is 8. The molecule has 11 nitrogen and oxygen atoms in total. The van der Waals surface area contributed by atoms with Gasteiger partial charge in [0.25, 0.3) is 17.7 Å². The Morgan fingerprint density at radius 3 is 2.35 bits per heavy atom. The zero-order valence-electron chi connectivity index (χ0n) is 13.9. The van der Waals surface area contributed by atoms with Crippen LogP contribution in [0.5, 0.6) is 0 Å². The fourth-order valence-electron chi connectivity index (χ4n) is 2.21. The van der Waals surface area contributed by atoms with Gasteiger partial charge in [-0.05, 0) is 5.56 Å². The van der Waals surface area contributed by atoms with E-state index in [9.17, 15) is 27.4 Å². The number of hydrogen-bond donors (Lipinski definition) is 2. The van der Waals surface area contributed by atoms with Crippen LogP contribution in [0.25, 0.3) is 0 Å². The fraction of sp³-hybridized carbons (Fsp3) is 0.308. The number of hydroxylamine groups is 2. The molecule has 2 atom stereocenters. The maximum atomic E-state index is 12.0. The number of amides is 3. The first-order valence-corrected chi connectivity index (χ1v) is 8.21. The molecule has 1 saturated heterocycles. The summed E-state index contributed by atoms with van der Waals surface area (Å²) in [5.74, 6) is -5.25. The van der Waals surface area contributed by atoms with Crippen molar-refractivity contribution in [1.29, 1.82) is 0 Å². The molecule has 0 spiro atoms. The van der Waals surface area contributed by atoms with Crippen LogP contribution in [0.1, 0.15) is 5.56 Å². The van der Waals surface area contributed by atoms with E-state index in [4.69, 9.17) is 4.84 Å². The number of nitrogens with one attached hydrogen (secondary N) is 2. The molecule has 1 fully saturated rings. The van der Waals surface area contributed by atoms with Crippen molar-refractivity contribution in [2.75, 3.05) is 7.11 Å².